The molecule has 4 heteroatoms. The zero-order valence-corrected chi connectivity index (χ0v) is 13.4. The van der Waals surface area contributed by atoms with Crippen LogP contribution in [-0.4, -0.2) is 6.54 Å². The second kappa shape index (κ2) is 6.64. The van der Waals surface area contributed by atoms with E-state index in [0.29, 0.717) is 0 Å². The molecule has 0 saturated carbocycles. The van der Waals surface area contributed by atoms with Crippen LogP contribution in [-0.2, 0) is 0 Å². The summed E-state index contributed by atoms with van der Waals surface area (Å²) in [4.78, 5) is 1.19. The van der Waals surface area contributed by atoms with Gasteiger partial charge < -0.3 is 5.32 Å². The van der Waals surface area contributed by atoms with Crippen molar-refractivity contribution >= 4 is 27.3 Å². The molecule has 0 fully saturated rings. The number of thiophene rings is 1. The molecule has 1 aromatic carbocycles. The number of aryl methyl sites for hydroxylation is 1. The molecular weight excluding hydrogens is 325 g/mol. The Morgan fingerprint density at radius 1 is 1.37 bits per heavy atom. The normalized spacial score (nSPS) is 12.6. The summed E-state index contributed by atoms with van der Waals surface area (Å²) in [5, 5.41) is 5.54. The van der Waals surface area contributed by atoms with E-state index < -0.39 is 0 Å². The number of rotatable bonds is 5. The lowest BCUT2D eigenvalue weighted by Crippen LogP contribution is -2.23. The van der Waals surface area contributed by atoms with Crippen molar-refractivity contribution in [1.82, 2.24) is 5.32 Å². The van der Waals surface area contributed by atoms with E-state index in [-0.39, 0.29) is 11.9 Å². The molecule has 0 amide bonds. The fourth-order valence-corrected chi connectivity index (χ4v) is 3.80. The molecule has 2 aromatic rings. The topological polar surface area (TPSA) is 12.0 Å². The van der Waals surface area contributed by atoms with Crippen molar-refractivity contribution < 1.29 is 4.39 Å². The van der Waals surface area contributed by atoms with Crippen molar-refractivity contribution in [3.63, 3.8) is 0 Å². The maximum Gasteiger partial charge on any atom is 0.123 e. The minimum Gasteiger partial charge on any atom is -0.306 e. The standard InChI is InChI=1S/C15H17BrFNS/c1-3-5-18-14(15-13(16)4-6-19-15)11-7-10(2)8-12(17)9-11/h4,6-9,14,18H,3,5H2,1-2H3. The van der Waals surface area contributed by atoms with Gasteiger partial charge in [0.25, 0.3) is 0 Å². The molecule has 1 aromatic heterocycles. The molecule has 0 radical (unpaired) electrons. The van der Waals surface area contributed by atoms with E-state index in [4.69, 9.17) is 0 Å². The molecule has 1 nitrogen and oxygen atoms in total. The van der Waals surface area contributed by atoms with E-state index in [1.54, 1.807) is 23.5 Å². The first-order valence-electron chi connectivity index (χ1n) is 6.35. The summed E-state index contributed by atoms with van der Waals surface area (Å²) in [5.41, 5.74) is 1.93. The summed E-state index contributed by atoms with van der Waals surface area (Å²) < 4.78 is 14.7. The van der Waals surface area contributed by atoms with Crippen molar-refractivity contribution in [3.8, 4) is 0 Å². The third kappa shape index (κ3) is 3.65. The second-order valence-electron chi connectivity index (χ2n) is 4.58. The fourth-order valence-electron chi connectivity index (χ4n) is 2.09. The van der Waals surface area contributed by atoms with E-state index in [1.807, 2.05) is 24.4 Å². The molecule has 1 unspecified atom stereocenters. The van der Waals surface area contributed by atoms with Crippen molar-refractivity contribution in [3.05, 3.63) is 55.9 Å². The Kier molecular flexibility index (Phi) is 5.13. The van der Waals surface area contributed by atoms with E-state index >= 15 is 0 Å². The van der Waals surface area contributed by atoms with Gasteiger partial charge in [-0.15, -0.1) is 11.3 Å². The monoisotopic (exact) mass is 341 g/mol. The molecule has 1 atom stereocenters. The van der Waals surface area contributed by atoms with Crippen LogP contribution in [0.15, 0.2) is 34.1 Å². The van der Waals surface area contributed by atoms with Crippen LogP contribution in [0.25, 0.3) is 0 Å². The minimum absolute atomic E-state index is 0.0451. The van der Waals surface area contributed by atoms with Gasteiger partial charge in [-0.05, 0) is 70.5 Å². The molecule has 0 aliphatic heterocycles. The van der Waals surface area contributed by atoms with E-state index in [2.05, 4.69) is 28.2 Å². The number of hydrogen-bond donors (Lipinski definition) is 1. The Hall–Kier alpha value is -0.710. The van der Waals surface area contributed by atoms with Crippen LogP contribution in [0.4, 0.5) is 4.39 Å². The number of nitrogens with one attached hydrogen (secondary N) is 1. The van der Waals surface area contributed by atoms with Crippen molar-refractivity contribution in [2.45, 2.75) is 26.3 Å². The van der Waals surface area contributed by atoms with Gasteiger partial charge in [-0.25, -0.2) is 4.39 Å². The number of halogens is 2. The van der Waals surface area contributed by atoms with Gasteiger partial charge in [0.05, 0.1) is 6.04 Å². The zero-order chi connectivity index (χ0) is 13.8. The molecular formula is C15H17BrFNS. The Morgan fingerprint density at radius 2 is 2.16 bits per heavy atom. The molecule has 0 aliphatic rings. The highest BCUT2D eigenvalue weighted by atomic mass is 79.9. The van der Waals surface area contributed by atoms with Gasteiger partial charge in [0, 0.05) is 9.35 Å². The highest BCUT2D eigenvalue weighted by molar-refractivity contribution is 9.10. The van der Waals surface area contributed by atoms with Crippen LogP contribution in [0, 0.1) is 12.7 Å². The zero-order valence-electron chi connectivity index (χ0n) is 11.0. The maximum absolute atomic E-state index is 13.6. The third-order valence-electron chi connectivity index (χ3n) is 2.90. The molecule has 0 bridgehead atoms. The lowest BCUT2D eigenvalue weighted by molar-refractivity contribution is 0.589. The molecule has 102 valence electrons. The first-order valence-corrected chi connectivity index (χ1v) is 8.02. The number of hydrogen-bond acceptors (Lipinski definition) is 2. The summed E-state index contributed by atoms with van der Waals surface area (Å²) >= 11 is 5.25. The largest absolute Gasteiger partial charge is 0.306 e. The summed E-state index contributed by atoms with van der Waals surface area (Å²) in [6, 6.07) is 7.30. The van der Waals surface area contributed by atoms with Gasteiger partial charge in [0.15, 0.2) is 0 Å². The van der Waals surface area contributed by atoms with Crippen LogP contribution >= 0.6 is 27.3 Å². The quantitative estimate of drug-likeness (QED) is 0.802. The molecule has 1 heterocycles. The SMILES string of the molecule is CCCNC(c1cc(C)cc(F)c1)c1sccc1Br. The lowest BCUT2D eigenvalue weighted by atomic mass is 10.0. The molecule has 0 saturated heterocycles. The third-order valence-corrected chi connectivity index (χ3v) is 4.84. The summed E-state index contributed by atoms with van der Waals surface area (Å²) in [5.74, 6) is -0.175. The Balaban J connectivity index is 2.39. The van der Waals surface area contributed by atoms with Gasteiger partial charge in [-0.3, -0.25) is 0 Å². The first kappa shape index (κ1) is 14.7. The summed E-state index contributed by atoms with van der Waals surface area (Å²) in [6.45, 7) is 4.96. The van der Waals surface area contributed by atoms with Crippen LogP contribution in [0.3, 0.4) is 0 Å². The van der Waals surface area contributed by atoms with Gasteiger partial charge in [0.2, 0.25) is 0 Å². The van der Waals surface area contributed by atoms with Gasteiger partial charge in [0.1, 0.15) is 5.82 Å². The number of benzene rings is 1. The van der Waals surface area contributed by atoms with Crippen LogP contribution < -0.4 is 5.32 Å². The van der Waals surface area contributed by atoms with Crippen LogP contribution in [0.1, 0.15) is 35.4 Å². The maximum atomic E-state index is 13.6. The van der Waals surface area contributed by atoms with E-state index in [0.717, 1.165) is 28.6 Å². The minimum atomic E-state index is -0.175. The van der Waals surface area contributed by atoms with Crippen LogP contribution in [0.2, 0.25) is 0 Å². The predicted octanol–water partition coefficient (Wildman–Crippen LogP) is 5.05. The molecule has 0 spiro atoms. The van der Waals surface area contributed by atoms with E-state index in [1.165, 1.54) is 4.88 Å². The predicted molar refractivity (Wildman–Crippen MR) is 83.3 cm³/mol. The van der Waals surface area contributed by atoms with Gasteiger partial charge >= 0.3 is 0 Å². The van der Waals surface area contributed by atoms with E-state index in [9.17, 15) is 4.39 Å². The van der Waals surface area contributed by atoms with Gasteiger partial charge in [-0.2, -0.15) is 0 Å². The highest BCUT2D eigenvalue weighted by Crippen LogP contribution is 2.33. The second-order valence-corrected chi connectivity index (χ2v) is 6.38. The molecule has 19 heavy (non-hydrogen) atoms. The lowest BCUT2D eigenvalue weighted by Gasteiger charge is -2.19. The Labute approximate surface area is 126 Å². The summed E-state index contributed by atoms with van der Waals surface area (Å²) in [6.07, 6.45) is 1.05. The first-order chi connectivity index (χ1) is 9.11. The van der Waals surface area contributed by atoms with Crippen molar-refractivity contribution in [2.75, 3.05) is 6.54 Å². The van der Waals surface area contributed by atoms with Gasteiger partial charge in [-0.1, -0.05) is 13.0 Å². The smallest absolute Gasteiger partial charge is 0.123 e. The Morgan fingerprint density at radius 3 is 2.74 bits per heavy atom. The Bertz CT molecular complexity index is 533. The van der Waals surface area contributed by atoms with Crippen LogP contribution in [0.5, 0.6) is 0 Å². The highest BCUT2D eigenvalue weighted by Gasteiger charge is 2.18. The van der Waals surface area contributed by atoms with Crippen molar-refractivity contribution in [2.24, 2.45) is 0 Å². The summed E-state index contributed by atoms with van der Waals surface area (Å²) in [7, 11) is 0. The molecule has 2 rings (SSSR count). The average Bonchev–Trinajstić information content (AvgIpc) is 2.75. The average molecular weight is 342 g/mol. The molecule has 0 aliphatic carbocycles. The fraction of sp³-hybridized carbons (Fsp3) is 0.333. The van der Waals surface area contributed by atoms with Crippen molar-refractivity contribution in [1.29, 1.82) is 0 Å². The molecule has 1 N–H and O–H groups in total.